The first-order valence-electron chi connectivity index (χ1n) is 6.58. The van der Waals surface area contributed by atoms with Crippen molar-refractivity contribution in [2.45, 2.75) is 18.9 Å². The van der Waals surface area contributed by atoms with Gasteiger partial charge in [-0.2, -0.15) is 0 Å². The number of carbonyl (C=O) groups is 1. The maximum atomic E-state index is 12.2. The summed E-state index contributed by atoms with van der Waals surface area (Å²) in [4.78, 5) is 23.1. The van der Waals surface area contributed by atoms with E-state index in [1.54, 1.807) is 17.7 Å². The number of aromatic nitrogens is 2. The van der Waals surface area contributed by atoms with Gasteiger partial charge >= 0.3 is 0 Å². The van der Waals surface area contributed by atoms with E-state index in [0.29, 0.717) is 5.75 Å². The van der Waals surface area contributed by atoms with Crippen molar-refractivity contribution in [3.63, 3.8) is 0 Å². The highest BCUT2D eigenvalue weighted by Crippen LogP contribution is 2.34. The van der Waals surface area contributed by atoms with Crippen LogP contribution in [0.3, 0.4) is 0 Å². The molecule has 0 fully saturated rings. The van der Waals surface area contributed by atoms with Gasteiger partial charge in [0, 0.05) is 15.8 Å². The third kappa shape index (κ3) is 2.84. The van der Waals surface area contributed by atoms with Crippen LogP contribution >= 0.6 is 23.1 Å². The average Bonchev–Trinajstić information content (AvgIpc) is 2.81. The molecule has 3 nitrogen and oxygen atoms in total. The number of thiophene rings is 1. The summed E-state index contributed by atoms with van der Waals surface area (Å²) in [5.74, 6) is 0.516. The van der Waals surface area contributed by atoms with Crippen molar-refractivity contribution in [2.24, 2.45) is 0 Å². The molecule has 0 unspecified atom stereocenters. The molecule has 21 heavy (non-hydrogen) atoms. The SMILES string of the molecule is Cc1sc2ncnc(SCC(=O)c3ccccc3)c2c1C. The molecule has 0 bridgehead atoms. The van der Waals surface area contributed by atoms with Crippen LogP contribution in [0.25, 0.3) is 10.2 Å². The Hall–Kier alpha value is -1.72. The lowest BCUT2D eigenvalue weighted by atomic mass is 10.2. The number of aryl methyl sites for hydroxylation is 2. The number of Topliss-reactive ketones (excluding diaryl/α,β-unsaturated/α-hetero) is 1. The van der Waals surface area contributed by atoms with Crippen molar-refractivity contribution in [1.29, 1.82) is 0 Å². The maximum absolute atomic E-state index is 12.2. The van der Waals surface area contributed by atoms with Crippen LogP contribution in [0.4, 0.5) is 0 Å². The lowest BCUT2D eigenvalue weighted by Crippen LogP contribution is -2.02. The van der Waals surface area contributed by atoms with Gasteiger partial charge in [-0.1, -0.05) is 42.1 Å². The lowest BCUT2D eigenvalue weighted by molar-refractivity contribution is 0.102. The van der Waals surface area contributed by atoms with Gasteiger partial charge in [0.25, 0.3) is 0 Å². The number of ketones is 1. The monoisotopic (exact) mass is 314 g/mol. The smallest absolute Gasteiger partial charge is 0.173 e. The molecular formula is C16H14N2OS2. The van der Waals surface area contributed by atoms with E-state index in [1.807, 2.05) is 30.3 Å². The number of carbonyl (C=O) groups excluding carboxylic acids is 1. The number of rotatable bonds is 4. The van der Waals surface area contributed by atoms with Crippen LogP contribution in [-0.4, -0.2) is 21.5 Å². The van der Waals surface area contributed by atoms with Crippen LogP contribution < -0.4 is 0 Å². The fourth-order valence-electron chi connectivity index (χ4n) is 2.10. The summed E-state index contributed by atoms with van der Waals surface area (Å²) in [5, 5.41) is 1.98. The Morgan fingerprint density at radius 2 is 1.95 bits per heavy atom. The van der Waals surface area contributed by atoms with E-state index in [2.05, 4.69) is 23.8 Å². The lowest BCUT2D eigenvalue weighted by Gasteiger charge is -2.03. The summed E-state index contributed by atoms with van der Waals surface area (Å²) in [6.45, 7) is 4.17. The Kier molecular flexibility index (Phi) is 4.03. The van der Waals surface area contributed by atoms with Crippen LogP contribution in [0.15, 0.2) is 41.7 Å². The second-order valence-corrected chi connectivity index (χ2v) is 6.89. The van der Waals surface area contributed by atoms with Gasteiger partial charge in [0.2, 0.25) is 0 Å². The van der Waals surface area contributed by atoms with E-state index in [-0.39, 0.29) is 5.78 Å². The summed E-state index contributed by atoms with van der Waals surface area (Å²) >= 11 is 3.16. The second kappa shape index (κ2) is 5.95. The van der Waals surface area contributed by atoms with Gasteiger partial charge < -0.3 is 0 Å². The highest BCUT2D eigenvalue weighted by Gasteiger charge is 2.14. The Labute approximate surface area is 131 Å². The molecule has 3 rings (SSSR count). The first kappa shape index (κ1) is 14.2. The number of fused-ring (bicyclic) bond motifs is 1. The predicted molar refractivity (Wildman–Crippen MR) is 88.4 cm³/mol. The van der Waals surface area contributed by atoms with Crippen molar-refractivity contribution in [2.75, 3.05) is 5.75 Å². The number of nitrogens with zero attached hydrogens (tertiary/aromatic N) is 2. The van der Waals surface area contributed by atoms with E-state index < -0.39 is 0 Å². The standard InChI is InChI=1S/C16H14N2OS2/c1-10-11(2)21-16-14(10)15(17-9-18-16)20-8-13(19)12-6-4-3-5-7-12/h3-7,9H,8H2,1-2H3. The minimum atomic E-state index is 0.122. The second-order valence-electron chi connectivity index (χ2n) is 4.72. The molecule has 3 aromatic rings. The summed E-state index contributed by atoms with van der Waals surface area (Å²) in [6, 6.07) is 9.37. The number of thioether (sulfide) groups is 1. The quantitative estimate of drug-likeness (QED) is 0.409. The molecule has 106 valence electrons. The topological polar surface area (TPSA) is 42.9 Å². The minimum absolute atomic E-state index is 0.122. The molecule has 0 atom stereocenters. The average molecular weight is 314 g/mol. The van der Waals surface area contributed by atoms with E-state index in [0.717, 1.165) is 20.8 Å². The molecule has 0 saturated heterocycles. The predicted octanol–water partition coefficient (Wildman–Crippen LogP) is 4.28. The molecule has 0 aliphatic carbocycles. The summed E-state index contributed by atoms with van der Waals surface area (Å²) in [7, 11) is 0. The highest BCUT2D eigenvalue weighted by molar-refractivity contribution is 8.00. The Bertz CT molecular complexity index is 797. The van der Waals surface area contributed by atoms with Gasteiger partial charge in [0.05, 0.1) is 5.75 Å². The molecule has 5 heteroatoms. The first-order valence-corrected chi connectivity index (χ1v) is 8.39. The minimum Gasteiger partial charge on any atom is -0.293 e. The molecular weight excluding hydrogens is 300 g/mol. The van der Waals surface area contributed by atoms with Crippen LogP contribution in [-0.2, 0) is 0 Å². The molecule has 2 heterocycles. The zero-order valence-electron chi connectivity index (χ0n) is 11.8. The molecule has 0 aliphatic rings. The summed E-state index contributed by atoms with van der Waals surface area (Å²) in [6.07, 6.45) is 1.58. The molecule has 0 radical (unpaired) electrons. The zero-order valence-corrected chi connectivity index (χ0v) is 13.4. The van der Waals surface area contributed by atoms with Crippen LogP contribution in [0.5, 0.6) is 0 Å². The molecule has 0 N–H and O–H groups in total. The fraction of sp³-hybridized carbons (Fsp3) is 0.188. The van der Waals surface area contributed by atoms with Crippen LogP contribution in [0.2, 0.25) is 0 Å². The number of hydrogen-bond acceptors (Lipinski definition) is 5. The largest absolute Gasteiger partial charge is 0.293 e. The summed E-state index contributed by atoms with van der Waals surface area (Å²) in [5.41, 5.74) is 1.96. The zero-order chi connectivity index (χ0) is 14.8. The molecule has 1 aromatic carbocycles. The van der Waals surface area contributed by atoms with E-state index >= 15 is 0 Å². The van der Waals surface area contributed by atoms with Crippen molar-refractivity contribution in [3.05, 3.63) is 52.7 Å². The molecule has 0 aliphatic heterocycles. The third-order valence-electron chi connectivity index (χ3n) is 3.37. The Morgan fingerprint density at radius 1 is 1.19 bits per heavy atom. The van der Waals surface area contributed by atoms with Gasteiger partial charge in [-0.05, 0) is 19.4 Å². The van der Waals surface area contributed by atoms with Crippen molar-refractivity contribution < 1.29 is 4.79 Å². The Morgan fingerprint density at radius 3 is 2.71 bits per heavy atom. The van der Waals surface area contributed by atoms with Crippen molar-refractivity contribution in [3.8, 4) is 0 Å². The van der Waals surface area contributed by atoms with Gasteiger partial charge in [0.1, 0.15) is 16.2 Å². The normalized spacial score (nSPS) is 11.0. The number of hydrogen-bond donors (Lipinski definition) is 0. The third-order valence-corrected chi connectivity index (χ3v) is 5.47. The van der Waals surface area contributed by atoms with E-state index in [4.69, 9.17) is 0 Å². The summed E-state index contributed by atoms with van der Waals surface area (Å²) < 4.78 is 0. The molecule has 2 aromatic heterocycles. The van der Waals surface area contributed by atoms with Crippen molar-refractivity contribution in [1.82, 2.24) is 9.97 Å². The number of benzene rings is 1. The molecule has 0 saturated carbocycles. The molecule has 0 spiro atoms. The van der Waals surface area contributed by atoms with Gasteiger partial charge in [-0.15, -0.1) is 11.3 Å². The van der Waals surface area contributed by atoms with Gasteiger partial charge in [0.15, 0.2) is 5.78 Å². The van der Waals surface area contributed by atoms with Gasteiger partial charge in [-0.3, -0.25) is 4.79 Å². The molecule has 0 amide bonds. The van der Waals surface area contributed by atoms with Gasteiger partial charge in [-0.25, -0.2) is 9.97 Å². The maximum Gasteiger partial charge on any atom is 0.173 e. The van der Waals surface area contributed by atoms with E-state index in [1.165, 1.54) is 22.2 Å². The van der Waals surface area contributed by atoms with Crippen LogP contribution in [0, 0.1) is 13.8 Å². The van der Waals surface area contributed by atoms with E-state index in [9.17, 15) is 4.79 Å². The first-order chi connectivity index (χ1) is 10.2. The Balaban J connectivity index is 1.84. The van der Waals surface area contributed by atoms with Crippen LogP contribution in [0.1, 0.15) is 20.8 Å². The fourth-order valence-corrected chi connectivity index (χ4v) is 4.11. The van der Waals surface area contributed by atoms with Crippen molar-refractivity contribution >= 4 is 39.1 Å². The highest BCUT2D eigenvalue weighted by atomic mass is 32.2.